The number of carboxylic acid groups (broad SMARTS) is 1. The number of esters is 6. The van der Waals surface area contributed by atoms with Gasteiger partial charge in [0.05, 0.1) is 39.1 Å². The van der Waals surface area contributed by atoms with Crippen LogP contribution in [0.1, 0.15) is 251 Å². The number of aromatic amines is 1. The summed E-state index contributed by atoms with van der Waals surface area (Å²) in [7, 11) is 0. The van der Waals surface area contributed by atoms with Crippen molar-refractivity contribution >= 4 is 82.1 Å². The Balaban J connectivity index is 0.000000405. The Morgan fingerprint density at radius 2 is 0.974 bits per heavy atom. The summed E-state index contributed by atoms with van der Waals surface area (Å²) >= 11 is 5.20. The molecule has 2 saturated carbocycles. The average Bonchev–Trinajstić information content (AvgIpc) is 1.61. The van der Waals surface area contributed by atoms with Gasteiger partial charge in [-0.2, -0.15) is 9.94 Å². The van der Waals surface area contributed by atoms with Crippen molar-refractivity contribution < 1.29 is 91.3 Å². The molecule has 2 aliphatic rings. The topological polar surface area (TPSA) is 374 Å². The highest BCUT2D eigenvalue weighted by Crippen LogP contribution is 2.53. The predicted molar refractivity (Wildman–Crippen MR) is 442 cm³/mol. The van der Waals surface area contributed by atoms with Gasteiger partial charge in [-0.3, -0.25) is 48.4 Å². The normalized spacial score (nSPS) is 18.8. The third-order valence-electron chi connectivity index (χ3n) is 20.4. The van der Waals surface area contributed by atoms with Crippen molar-refractivity contribution in [3.8, 4) is 34.7 Å². The summed E-state index contributed by atoms with van der Waals surface area (Å²) in [5.41, 5.74) is 2.04. The molecule has 0 bridgehead atoms. The number of aliphatic carboxylic acids is 1. The Kier molecular flexibility index (Phi) is 35.8. The lowest BCUT2D eigenvalue weighted by molar-refractivity contribution is -0.174. The van der Waals surface area contributed by atoms with Gasteiger partial charge < -0.3 is 48.3 Å². The van der Waals surface area contributed by atoms with Gasteiger partial charge in [-0.15, -0.1) is 5.10 Å². The van der Waals surface area contributed by atoms with Crippen LogP contribution in [-0.2, 0) is 68.0 Å². The van der Waals surface area contributed by atoms with Gasteiger partial charge >= 0.3 is 53.2 Å². The van der Waals surface area contributed by atoms with E-state index in [1.54, 1.807) is 47.6 Å². The quantitative estimate of drug-likeness (QED) is 0.0190. The number of aliphatic hydroxyl groups excluding tert-OH is 1. The van der Waals surface area contributed by atoms with E-state index in [4.69, 9.17) is 51.9 Å². The van der Waals surface area contributed by atoms with Crippen molar-refractivity contribution in [2.24, 2.45) is 63.1 Å². The smallest absolute Gasteiger partial charge is 0.416 e. The van der Waals surface area contributed by atoms with Gasteiger partial charge in [-0.05, 0) is 134 Å². The van der Waals surface area contributed by atoms with Crippen LogP contribution in [-0.4, -0.2) is 179 Å². The number of hydrogen-bond donors (Lipinski definition) is 3. The van der Waals surface area contributed by atoms with Gasteiger partial charge in [0.2, 0.25) is 11.8 Å². The van der Waals surface area contributed by atoms with Crippen molar-refractivity contribution in [2.75, 3.05) is 52.6 Å². The van der Waals surface area contributed by atoms with Gasteiger partial charge in [-0.1, -0.05) is 187 Å². The van der Waals surface area contributed by atoms with Gasteiger partial charge in [0.15, 0.2) is 29.0 Å². The van der Waals surface area contributed by atoms with Crippen LogP contribution >= 0.6 is 11.6 Å². The van der Waals surface area contributed by atoms with Crippen LogP contribution in [0.4, 0.5) is 15.3 Å². The Labute approximate surface area is 695 Å². The third-order valence-corrected chi connectivity index (χ3v) is 20.7. The van der Waals surface area contributed by atoms with Crippen LogP contribution in [0.2, 0.25) is 0 Å². The minimum absolute atomic E-state index is 0.00184. The molecular weight excluding hydrogens is 1520 g/mol. The zero-order valence-electron chi connectivity index (χ0n) is 73.7. The first-order chi connectivity index (χ1) is 54.0. The number of hydrogen-bond acceptors (Lipinski definition) is 22. The number of amides is 2. The fraction of sp³-hybridized carbons (Fsp3) is 0.644. The van der Waals surface area contributed by atoms with Crippen LogP contribution in [0.25, 0.3) is 33.3 Å². The molecule has 3 heterocycles. The Morgan fingerprint density at radius 3 is 1.30 bits per heavy atom. The summed E-state index contributed by atoms with van der Waals surface area (Å²) < 4.78 is 40.1. The molecule has 0 saturated heterocycles. The van der Waals surface area contributed by atoms with E-state index in [1.165, 1.54) is 11.4 Å². The molecule has 30 heteroatoms. The maximum Gasteiger partial charge on any atom is 0.416 e. The van der Waals surface area contributed by atoms with Crippen molar-refractivity contribution in [3.05, 3.63) is 82.5 Å². The van der Waals surface area contributed by atoms with E-state index in [-0.39, 0.29) is 136 Å². The van der Waals surface area contributed by atoms with Crippen molar-refractivity contribution in [2.45, 2.75) is 248 Å². The van der Waals surface area contributed by atoms with Crippen molar-refractivity contribution in [3.63, 3.8) is 0 Å². The molecule has 2 aliphatic carbocycles. The molecule has 2 fully saturated rings. The number of ether oxygens (including phenoxy) is 7. The first-order valence-corrected chi connectivity index (χ1v) is 40.4. The van der Waals surface area contributed by atoms with Gasteiger partial charge in [0.25, 0.3) is 5.69 Å². The summed E-state index contributed by atoms with van der Waals surface area (Å²) in [6.07, 6.45) is 1.12. The summed E-state index contributed by atoms with van der Waals surface area (Å²) in [5.74, 6) is -9.22. The first kappa shape index (κ1) is 99.6. The molecular formula is C87H127ClN10O19. The number of aromatic nitrogens is 6. The number of aliphatic hydroxyl groups is 1. The summed E-state index contributed by atoms with van der Waals surface area (Å²) in [4.78, 5) is 140. The Morgan fingerprint density at radius 1 is 0.607 bits per heavy atom. The second-order valence-corrected chi connectivity index (χ2v) is 37.0. The minimum atomic E-state index is -1.84. The maximum atomic E-state index is 14.6. The molecule has 646 valence electrons. The van der Waals surface area contributed by atoms with Crippen LogP contribution in [0.5, 0.6) is 5.88 Å². The molecule has 0 aliphatic heterocycles. The number of carbonyl (C=O) groups is 10. The van der Waals surface area contributed by atoms with Gasteiger partial charge in [0.1, 0.15) is 49.9 Å². The molecule has 6 unspecified atom stereocenters. The fourth-order valence-corrected chi connectivity index (χ4v) is 14.5. The largest absolute Gasteiger partial charge is 0.480 e. The van der Waals surface area contributed by atoms with Crippen molar-refractivity contribution in [1.82, 2.24) is 39.2 Å². The lowest BCUT2D eigenvalue weighted by Crippen LogP contribution is -2.50. The average molecular weight is 1650 g/mol. The highest BCUT2D eigenvalue weighted by molar-refractivity contribution is 6.63. The number of carbonyl (C=O) groups excluding carboxylic acids is 9. The molecule has 3 N–H and O–H groups in total. The Hall–Kier alpha value is -9.74. The van der Waals surface area contributed by atoms with Crippen molar-refractivity contribution in [1.29, 1.82) is 5.26 Å². The summed E-state index contributed by atoms with van der Waals surface area (Å²) in [6.45, 7) is 60.6. The second kappa shape index (κ2) is 42.1. The lowest BCUT2D eigenvalue weighted by atomic mass is 9.59. The van der Waals surface area contributed by atoms with Crippen LogP contribution in [0.3, 0.4) is 0 Å². The molecule has 5 aromatic rings. The van der Waals surface area contributed by atoms with E-state index in [1.807, 2.05) is 48.5 Å². The monoisotopic (exact) mass is 1650 g/mol. The number of carboxylic acids is 1. The van der Waals surface area contributed by atoms with E-state index in [9.17, 15) is 58.3 Å². The first-order valence-electron chi connectivity index (χ1n) is 40.0. The zero-order valence-corrected chi connectivity index (χ0v) is 74.4. The molecule has 2 aromatic carbocycles. The second-order valence-electron chi connectivity index (χ2n) is 36.6. The standard InChI is InChI=1S/C41H57N5O8.C34H48N4O5.C9H14ClNO5.C3H8O/c1-14-51-29(47)22-45(23-30(48)52-15-2)38(50)54-36-32(42-13)31(35-43-34(44-46(35)36)25-16-18-26(19-17-25)39(4,5)6)37(49)53-33-27(40(7,8)9)20-24(3)21-28(33)41(10,11)12;1-19-16-24(33(6,7)8)27(25(17-19)34(9,10)11)43-31(42)26(23(18-35)30(40)41)29-36-28(37-38(29)20(2)39)21-12-14-22(15-13-21)32(3,4)5;1-3-15-7(12)5-11(9(10)14)6-8(13)16-4-2;1-3(2)4/h16-19,24,27-28,33H,14-15,20-23H2,1-12H3,(H,43,44);12-15,19,23-27H,16-17H2,1-11H3,(H,40,41);3-6H2,1-2H3;3-4H,1-2H3. The molecule has 0 radical (unpaired) electrons. The molecule has 0 spiro atoms. The third kappa shape index (κ3) is 28.2. The van der Waals surface area contributed by atoms with E-state index in [2.05, 4.69) is 168 Å². The number of halogens is 1. The zero-order chi connectivity index (χ0) is 89.1. The summed E-state index contributed by atoms with van der Waals surface area (Å²) in [5, 5.41) is 34.6. The molecule has 2 amide bonds. The van der Waals surface area contributed by atoms with Crippen LogP contribution in [0, 0.1) is 81.0 Å². The van der Waals surface area contributed by atoms with E-state index in [0.717, 1.165) is 51.3 Å². The highest BCUT2D eigenvalue weighted by Gasteiger charge is 2.52. The molecule has 117 heavy (non-hydrogen) atoms. The fourth-order valence-electron chi connectivity index (χ4n) is 14.4. The van der Waals surface area contributed by atoms with E-state index < -0.39 is 96.3 Å². The minimum Gasteiger partial charge on any atom is -0.480 e. The number of nitrogens with one attached hydrogen (secondary N) is 1. The summed E-state index contributed by atoms with van der Waals surface area (Å²) in [6, 6.07) is 17.0. The number of nitrogens with zero attached hydrogens (tertiary/aromatic N) is 9. The van der Waals surface area contributed by atoms with E-state index in [0.29, 0.717) is 28.8 Å². The SMILES string of the molecule is CC(=O)n1nc(-c2ccc(C(C)(C)C)cc2)nc1C(C(=O)OC1C(C(C)(C)C)CC(C)CC1C(C)(C)C)C(C#N)C(=O)O.CC(C)O.CCOC(=O)CN(CC(=O)OCC)C(=O)Cl.[C-]#[N+]c1c(C(=O)OC2C(C(C)(C)C)CC(C)CC2C(C)(C)C)c2nc(-c3ccc(C(C)(C)C)cc3)[nH]n2c1OC(=O)N(CC(=O)OCC)CC(=O)OCC. The molecule has 3 aromatic heterocycles. The molecule has 6 atom stereocenters. The molecule has 29 nitrogen and oxygen atoms in total. The van der Waals surface area contributed by atoms with E-state index >= 15 is 0 Å². The number of H-pyrrole nitrogens is 1. The number of benzene rings is 2. The van der Waals surface area contributed by atoms with Gasteiger partial charge in [0, 0.05) is 47.8 Å². The Bertz CT molecular complexity index is 4240. The van der Waals surface area contributed by atoms with Crippen LogP contribution in [0.15, 0.2) is 48.5 Å². The molecule has 7 rings (SSSR count). The number of nitriles is 1. The lowest BCUT2D eigenvalue weighted by Gasteiger charge is -2.50. The maximum absolute atomic E-state index is 14.6. The predicted octanol–water partition coefficient (Wildman–Crippen LogP) is 16.4. The van der Waals surface area contributed by atoms with Crippen LogP contribution < -0.4 is 4.74 Å². The number of fused-ring (bicyclic) bond motifs is 1. The van der Waals surface area contributed by atoms with Gasteiger partial charge in [-0.25, -0.2) is 28.9 Å². The number of rotatable bonds is 22. The highest BCUT2D eigenvalue weighted by atomic mass is 35.5.